The van der Waals surface area contributed by atoms with Crippen molar-refractivity contribution in [2.75, 3.05) is 11.9 Å². The highest BCUT2D eigenvalue weighted by atomic mass is 16.5. The summed E-state index contributed by atoms with van der Waals surface area (Å²) in [5.41, 5.74) is 1.03. The van der Waals surface area contributed by atoms with Crippen molar-refractivity contribution in [3.05, 3.63) is 53.6 Å². The van der Waals surface area contributed by atoms with Crippen LogP contribution < -0.4 is 14.8 Å². The van der Waals surface area contributed by atoms with Crippen molar-refractivity contribution >= 4 is 17.6 Å². The predicted octanol–water partition coefficient (Wildman–Crippen LogP) is 3.78. The number of para-hydroxylation sites is 1. The summed E-state index contributed by atoms with van der Waals surface area (Å²) in [5.74, 6) is 0.0379. The van der Waals surface area contributed by atoms with Crippen molar-refractivity contribution < 1.29 is 24.2 Å². The number of rotatable bonds is 6. The number of ether oxygens (including phenoxy) is 2. The summed E-state index contributed by atoms with van der Waals surface area (Å²) in [7, 11) is 0. The smallest absolute Gasteiger partial charge is 0.313 e. The number of carbonyl (C=O) groups excluding carboxylic acids is 1. The molecule has 2 aromatic carbocycles. The Bertz CT molecular complexity index is 900. The van der Waals surface area contributed by atoms with Crippen molar-refractivity contribution in [2.24, 2.45) is 0 Å². The molecule has 0 saturated carbocycles. The fraction of sp³-hybridized carbons (Fsp3) is 0.364. The van der Waals surface area contributed by atoms with Gasteiger partial charge in [-0.05, 0) is 51.5 Å². The molecular formula is C22H25NO5. The maximum absolute atomic E-state index is 12.2. The summed E-state index contributed by atoms with van der Waals surface area (Å²) in [6.07, 6.45) is 0.796. The van der Waals surface area contributed by atoms with Gasteiger partial charge in [-0.15, -0.1) is 0 Å². The first kappa shape index (κ1) is 19.7. The normalized spacial score (nSPS) is 14.7. The molecule has 0 aromatic heterocycles. The van der Waals surface area contributed by atoms with Gasteiger partial charge in [-0.25, -0.2) is 0 Å². The first-order chi connectivity index (χ1) is 13.1. The summed E-state index contributed by atoms with van der Waals surface area (Å²) < 4.78 is 11.6. The van der Waals surface area contributed by atoms with Gasteiger partial charge < -0.3 is 19.9 Å². The zero-order valence-corrected chi connectivity index (χ0v) is 16.5. The summed E-state index contributed by atoms with van der Waals surface area (Å²) in [6.45, 7) is 7.15. The Labute approximate surface area is 164 Å². The Morgan fingerprint density at radius 1 is 1.18 bits per heavy atom. The monoisotopic (exact) mass is 383 g/mol. The zero-order valence-electron chi connectivity index (χ0n) is 16.5. The third-order valence-corrected chi connectivity index (χ3v) is 4.84. The number of amides is 1. The summed E-state index contributed by atoms with van der Waals surface area (Å²) in [6, 6.07) is 12.4. The molecule has 0 fully saturated rings. The van der Waals surface area contributed by atoms with Crippen molar-refractivity contribution in [3.63, 3.8) is 0 Å². The van der Waals surface area contributed by atoms with E-state index in [0.717, 1.165) is 12.0 Å². The molecule has 0 radical (unpaired) electrons. The molecule has 1 aliphatic heterocycles. The van der Waals surface area contributed by atoms with E-state index in [1.807, 2.05) is 26.0 Å². The van der Waals surface area contributed by atoms with Gasteiger partial charge in [0.25, 0.3) is 5.91 Å². The lowest BCUT2D eigenvalue weighted by molar-refractivity contribution is -0.142. The number of anilines is 1. The van der Waals surface area contributed by atoms with Crippen molar-refractivity contribution in [2.45, 2.75) is 45.1 Å². The van der Waals surface area contributed by atoms with E-state index < -0.39 is 11.4 Å². The lowest BCUT2D eigenvalue weighted by Crippen LogP contribution is -2.28. The number of carboxylic acids is 1. The van der Waals surface area contributed by atoms with Gasteiger partial charge in [0, 0.05) is 17.7 Å². The van der Waals surface area contributed by atoms with Crippen LogP contribution in [0.25, 0.3) is 0 Å². The Hall–Kier alpha value is -3.02. The number of carboxylic acid groups (broad SMARTS) is 1. The molecule has 0 spiro atoms. The third kappa shape index (κ3) is 4.11. The van der Waals surface area contributed by atoms with E-state index in [-0.39, 0.29) is 18.1 Å². The predicted molar refractivity (Wildman–Crippen MR) is 106 cm³/mol. The molecule has 2 N–H and O–H groups in total. The third-order valence-electron chi connectivity index (χ3n) is 4.84. The number of benzene rings is 2. The maximum Gasteiger partial charge on any atom is 0.313 e. The molecule has 6 heteroatoms. The fourth-order valence-electron chi connectivity index (χ4n) is 3.14. The lowest BCUT2D eigenvalue weighted by atomic mass is 9.85. The number of aliphatic carboxylic acids is 1. The van der Waals surface area contributed by atoms with Crippen molar-refractivity contribution in [1.29, 1.82) is 0 Å². The van der Waals surface area contributed by atoms with Crippen LogP contribution in [-0.4, -0.2) is 29.2 Å². The van der Waals surface area contributed by atoms with E-state index in [1.54, 1.807) is 44.2 Å². The molecule has 0 unspecified atom stereocenters. The van der Waals surface area contributed by atoms with Gasteiger partial charge in [0.1, 0.15) is 5.60 Å². The number of hydrogen-bond acceptors (Lipinski definition) is 4. The second-order valence-electron chi connectivity index (χ2n) is 8.13. The van der Waals surface area contributed by atoms with Gasteiger partial charge in [-0.3, -0.25) is 9.59 Å². The Balaban J connectivity index is 1.61. The molecule has 3 rings (SSSR count). The summed E-state index contributed by atoms with van der Waals surface area (Å²) >= 11 is 0. The maximum atomic E-state index is 12.2. The van der Waals surface area contributed by atoms with Crippen LogP contribution >= 0.6 is 0 Å². The molecule has 1 heterocycles. The molecule has 1 amide bonds. The Morgan fingerprint density at radius 2 is 1.86 bits per heavy atom. The van der Waals surface area contributed by atoms with Crippen LogP contribution in [0.4, 0.5) is 5.69 Å². The highest BCUT2D eigenvalue weighted by Gasteiger charge is 2.32. The summed E-state index contributed by atoms with van der Waals surface area (Å²) in [4.78, 5) is 23.6. The lowest BCUT2D eigenvalue weighted by Gasteiger charge is -2.20. The number of carbonyl (C=O) groups is 2. The number of hydrogen-bond donors (Lipinski definition) is 2. The van der Waals surface area contributed by atoms with E-state index >= 15 is 0 Å². The van der Waals surface area contributed by atoms with E-state index in [4.69, 9.17) is 9.47 Å². The minimum absolute atomic E-state index is 0.150. The van der Waals surface area contributed by atoms with Crippen LogP contribution in [0.5, 0.6) is 11.5 Å². The Kier molecular flexibility index (Phi) is 5.06. The molecule has 0 bridgehead atoms. The molecular weight excluding hydrogens is 358 g/mol. The van der Waals surface area contributed by atoms with Gasteiger partial charge in [-0.1, -0.05) is 24.3 Å². The molecule has 6 nitrogen and oxygen atoms in total. The average molecular weight is 383 g/mol. The topological polar surface area (TPSA) is 84.9 Å². The van der Waals surface area contributed by atoms with Crippen LogP contribution in [0.1, 0.15) is 38.8 Å². The van der Waals surface area contributed by atoms with Crippen molar-refractivity contribution in [1.82, 2.24) is 0 Å². The first-order valence-electron chi connectivity index (χ1n) is 9.16. The standard InChI is InChI=1S/C22H25NO5/c1-21(2)12-14-6-5-7-17(19(14)28-21)27-13-18(24)23-16-10-8-15(9-11-16)22(3,4)20(25)26/h5-11H,12-13H2,1-4H3,(H,23,24)(H,25,26). The second kappa shape index (κ2) is 7.19. The van der Waals surface area contributed by atoms with E-state index in [2.05, 4.69) is 5.32 Å². The van der Waals surface area contributed by atoms with Crippen molar-refractivity contribution in [3.8, 4) is 11.5 Å². The SMILES string of the molecule is CC1(C)Cc2cccc(OCC(=O)Nc3ccc(C(C)(C)C(=O)O)cc3)c2O1. The van der Waals surface area contributed by atoms with Gasteiger partial charge in [0.05, 0.1) is 5.41 Å². The van der Waals surface area contributed by atoms with E-state index in [1.165, 1.54) is 0 Å². The molecule has 2 aromatic rings. The minimum atomic E-state index is -0.993. The molecule has 0 saturated heterocycles. The highest BCUT2D eigenvalue weighted by molar-refractivity contribution is 5.92. The second-order valence-corrected chi connectivity index (χ2v) is 8.13. The zero-order chi connectivity index (χ0) is 20.5. The van der Waals surface area contributed by atoms with Crippen LogP contribution in [0.15, 0.2) is 42.5 Å². The van der Waals surface area contributed by atoms with Gasteiger partial charge in [0.2, 0.25) is 0 Å². The minimum Gasteiger partial charge on any atom is -0.483 e. The van der Waals surface area contributed by atoms with E-state index in [9.17, 15) is 14.7 Å². The Morgan fingerprint density at radius 3 is 2.50 bits per heavy atom. The largest absolute Gasteiger partial charge is 0.483 e. The summed E-state index contributed by atoms with van der Waals surface area (Å²) in [5, 5.41) is 12.0. The first-order valence-corrected chi connectivity index (χ1v) is 9.16. The molecule has 0 atom stereocenters. The van der Waals surface area contributed by atoms with Crippen LogP contribution in [0.3, 0.4) is 0 Å². The van der Waals surface area contributed by atoms with Gasteiger partial charge in [-0.2, -0.15) is 0 Å². The van der Waals surface area contributed by atoms with E-state index in [0.29, 0.717) is 22.7 Å². The van der Waals surface area contributed by atoms with Crippen LogP contribution in [0, 0.1) is 0 Å². The average Bonchev–Trinajstić information content (AvgIpc) is 2.94. The number of fused-ring (bicyclic) bond motifs is 1. The quantitative estimate of drug-likeness (QED) is 0.793. The molecule has 1 aliphatic rings. The number of nitrogens with one attached hydrogen (secondary N) is 1. The molecule has 0 aliphatic carbocycles. The van der Waals surface area contributed by atoms with Gasteiger partial charge in [0.15, 0.2) is 18.1 Å². The van der Waals surface area contributed by atoms with Crippen LogP contribution in [-0.2, 0) is 21.4 Å². The van der Waals surface area contributed by atoms with Gasteiger partial charge >= 0.3 is 5.97 Å². The fourth-order valence-corrected chi connectivity index (χ4v) is 3.14. The van der Waals surface area contributed by atoms with Crippen LogP contribution in [0.2, 0.25) is 0 Å². The molecule has 148 valence electrons. The highest BCUT2D eigenvalue weighted by Crippen LogP contribution is 2.41. The molecule has 28 heavy (non-hydrogen) atoms.